The topological polar surface area (TPSA) is 88.9 Å². The number of aryl methyl sites for hydroxylation is 1. The highest BCUT2D eigenvalue weighted by Gasteiger charge is 2.34. The molecule has 0 amide bonds. The summed E-state index contributed by atoms with van der Waals surface area (Å²) in [6, 6.07) is 16.1. The molecule has 4 aromatic rings. The van der Waals surface area contributed by atoms with Crippen LogP contribution in [0.25, 0.3) is 10.9 Å². The number of para-hydroxylation sites is 1. The molecule has 2 aromatic carbocycles. The quantitative estimate of drug-likeness (QED) is 0.511. The molecule has 0 radical (unpaired) electrons. The van der Waals surface area contributed by atoms with Crippen LogP contribution in [-0.4, -0.2) is 44.4 Å². The van der Waals surface area contributed by atoms with Crippen LogP contribution in [0, 0.1) is 6.92 Å². The lowest BCUT2D eigenvalue weighted by atomic mass is 10.0. The largest absolute Gasteiger partial charge is 0.376 e. The highest BCUT2D eigenvalue weighted by Crippen LogP contribution is 2.37. The van der Waals surface area contributed by atoms with Crippen molar-refractivity contribution in [1.82, 2.24) is 25.2 Å². The maximum absolute atomic E-state index is 13.4. The summed E-state index contributed by atoms with van der Waals surface area (Å²) in [7, 11) is 0. The van der Waals surface area contributed by atoms with Crippen molar-refractivity contribution >= 4 is 16.6 Å². The number of aromatic amines is 1. The number of rotatable bonds is 5. The number of fused-ring (bicyclic) bond motifs is 2. The molecule has 2 atom stereocenters. The van der Waals surface area contributed by atoms with Crippen molar-refractivity contribution in [3.63, 3.8) is 0 Å². The Balaban J connectivity index is 1.51. The fourth-order valence-corrected chi connectivity index (χ4v) is 5.13. The van der Waals surface area contributed by atoms with E-state index < -0.39 is 6.04 Å². The van der Waals surface area contributed by atoms with Gasteiger partial charge in [0.15, 0.2) is 5.82 Å². The Morgan fingerprint density at radius 3 is 3.00 bits per heavy atom. The summed E-state index contributed by atoms with van der Waals surface area (Å²) in [4.78, 5) is 18.8. The second-order valence-electron chi connectivity index (χ2n) is 8.97. The molecule has 0 spiro atoms. The van der Waals surface area contributed by atoms with Gasteiger partial charge in [0.1, 0.15) is 6.04 Å². The van der Waals surface area contributed by atoms with Crippen molar-refractivity contribution in [2.75, 3.05) is 18.1 Å². The predicted octanol–water partition coefficient (Wildman–Crippen LogP) is 3.15. The lowest BCUT2D eigenvalue weighted by Crippen LogP contribution is -2.35. The zero-order valence-corrected chi connectivity index (χ0v) is 18.6. The van der Waals surface area contributed by atoms with Crippen LogP contribution in [0.5, 0.6) is 0 Å². The maximum atomic E-state index is 13.4. The zero-order chi connectivity index (χ0) is 22.4. The van der Waals surface area contributed by atoms with Gasteiger partial charge in [0.05, 0.1) is 12.6 Å². The standard InChI is InChI=1S/C25H26N6O2/c1-16-8-9-18-14-20(25(32)26-21(18)13-16)23(30-11-10-17-5-2-3-7-22(17)30)24-27-28-29-31(24)15-19-6-4-12-33-19/h2-3,5,7-9,13-14,19,23H,4,6,10-12,15H2,1H3,(H,26,32)/t19-,23-/m0/s1. The number of nitrogens with one attached hydrogen (secondary N) is 1. The van der Waals surface area contributed by atoms with Crippen LogP contribution in [0.15, 0.2) is 53.3 Å². The van der Waals surface area contributed by atoms with Crippen molar-refractivity contribution in [1.29, 1.82) is 0 Å². The molecular formula is C25H26N6O2. The van der Waals surface area contributed by atoms with Crippen LogP contribution < -0.4 is 10.5 Å². The molecule has 1 fully saturated rings. The molecule has 8 nitrogen and oxygen atoms in total. The summed E-state index contributed by atoms with van der Waals surface area (Å²) in [5, 5.41) is 13.7. The van der Waals surface area contributed by atoms with Gasteiger partial charge >= 0.3 is 0 Å². The normalized spacial score (nSPS) is 18.7. The summed E-state index contributed by atoms with van der Waals surface area (Å²) in [5.74, 6) is 0.666. The molecule has 8 heteroatoms. The van der Waals surface area contributed by atoms with Gasteiger partial charge in [0, 0.05) is 29.9 Å². The van der Waals surface area contributed by atoms with Crippen molar-refractivity contribution < 1.29 is 4.74 Å². The fraction of sp³-hybridized carbons (Fsp3) is 0.360. The molecule has 1 N–H and O–H groups in total. The van der Waals surface area contributed by atoms with Gasteiger partial charge in [-0.15, -0.1) is 5.10 Å². The van der Waals surface area contributed by atoms with Crippen LogP contribution in [0.4, 0.5) is 5.69 Å². The molecule has 33 heavy (non-hydrogen) atoms. The minimum absolute atomic E-state index is 0.0941. The molecule has 2 aliphatic rings. The fourth-order valence-electron chi connectivity index (χ4n) is 5.13. The lowest BCUT2D eigenvalue weighted by Gasteiger charge is -2.29. The minimum Gasteiger partial charge on any atom is -0.376 e. The van der Waals surface area contributed by atoms with Gasteiger partial charge in [-0.25, -0.2) is 4.68 Å². The summed E-state index contributed by atoms with van der Waals surface area (Å²) in [6.07, 6.45) is 3.06. The molecular weight excluding hydrogens is 416 g/mol. The van der Waals surface area contributed by atoms with E-state index in [4.69, 9.17) is 4.74 Å². The van der Waals surface area contributed by atoms with Crippen molar-refractivity contribution in [2.24, 2.45) is 0 Å². The molecule has 0 aliphatic carbocycles. The number of tetrazole rings is 1. The number of benzene rings is 2. The van der Waals surface area contributed by atoms with E-state index in [1.54, 1.807) is 0 Å². The highest BCUT2D eigenvalue weighted by atomic mass is 16.5. The number of ether oxygens (including phenoxy) is 1. The van der Waals surface area contributed by atoms with E-state index in [1.165, 1.54) is 5.56 Å². The average molecular weight is 443 g/mol. The molecule has 0 saturated carbocycles. The van der Waals surface area contributed by atoms with E-state index >= 15 is 0 Å². The Bertz CT molecular complexity index is 1370. The number of nitrogens with zero attached hydrogens (tertiary/aromatic N) is 5. The van der Waals surface area contributed by atoms with Gasteiger partial charge in [-0.3, -0.25) is 4.79 Å². The van der Waals surface area contributed by atoms with Gasteiger partial charge in [-0.2, -0.15) is 0 Å². The predicted molar refractivity (Wildman–Crippen MR) is 125 cm³/mol. The first-order valence-corrected chi connectivity index (χ1v) is 11.5. The van der Waals surface area contributed by atoms with E-state index in [-0.39, 0.29) is 11.7 Å². The van der Waals surface area contributed by atoms with E-state index in [1.807, 2.05) is 29.8 Å². The van der Waals surface area contributed by atoms with E-state index in [0.29, 0.717) is 17.9 Å². The second-order valence-corrected chi connectivity index (χ2v) is 8.97. The van der Waals surface area contributed by atoms with Crippen LogP contribution >= 0.6 is 0 Å². The Labute approximate surface area is 191 Å². The lowest BCUT2D eigenvalue weighted by molar-refractivity contribution is 0.0924. The Kier molecular flexibility index (Phi) is 4.95. The third-order valence-corrected chi connectivity index (χ3v) is 6.76. The minimum atomic E-state index is -0.403. The summed E-state index contributed by atoms with van der Waals surface area (Å²) < 4.78 is 7.66. The number of H-pyrrole nitrogens is 1. The molecule has 2 aliphatic heterocycles. The molecule has 168 valence electrons. The molecule has 0 unspecified atom stereocenters. The molecule has 2 aromatic heterocycles. The van der Waals surface area contributed by atoms with E-state index in [2.05, 4.69) is 55.7 Å². The van der Waals surface area contributed by atoms with E-state index in [9.17, 15) is 4.79 Å². The van der Waals surface area contributed by atoms with Gasteiger partial charge in [0.25, 0.3) is 5.56 Å². The van der Waals surface area contributed by atoms with Crippen molar-refractivity contribution in [2.45, 2.75) is 44.9 Å². The van der Waals surface area contributed by atoms with Crippen LogP contribution in [0.1, 0.15) is 41.4 Å². The SMILES string of the molecule is Cc1ccc2cc([C@@H](c3nnnn3C[C@@H]3CCCO3)N3CCc4ccccc43)c(=O)[nH]c2c1. The molecule has 4 heterocycles. The Hall–Kier alpha value is -3.52. The first-order chi connectivity index (χ1) is 16.2. The molecule has 0 bridgehead atoms. The Morgan fingerprint density at radius 2 is 2.12 bits per heavy atom. The molecule has 6 rings (SSSR count). The second kappa shape index (κ2) is 8.12. The monoisotopic (exact) mass is 442 g/mol. The maximum Gasteiger partial charge on any atom is 0.254 e. The molecule has 1 saturated heterocycles. The number of aromatic nitrogens is 5. The van der Waals surface area contributed by atoms with E-state index in [0.717, 1.165) is 54.6 Å². The highest BCUT2D eigenvalue weighted by molar-refractivity contribution is 5.80. The number of pyridine rings is 1. The van der Waals surface area contributed by atoms with Crippen LogP contribution in [0.2, 0.25) is 0 Å². The smallest absolute Gasteiger partial charge is 0.254 e. The van der Waals surface area contributed by atoms with Crippen LogP contribution in [0.3, 0.4) is 0 Å². The van der Waals surface area contributed by atoms with Gasteiger partial charge < -0.3 is 14.6 Å². The van der Waals surface area contributed by atoms with Crippen LogP contribution in [-0.2, 0) is 17.7 Å². The number of hydrogen-bond acceptors (Lipinski definition) is 6. The van der Waals surface area contributed by atoms with Crippen molar-refractivity contribution in [3.05, 3.63) is 81.4 Å². The summed E-state index contributed by atoms with van der Waals surface area (Å²) >= 11 is 0. The average Bonchev–Trinajstić information content (AvgIpc) is 3.57. The number of hydrogen-bond donors (Lipinski definition) is 1. The summed E-state index contributed by atoms with van der Waals surface area (Å²) in [6.45, 7) is 4.17. The number of anilines is 1. The third-order valence-electron chi connectivity index (χ3n) is 6.76. The van der Waals surface area contributed by atoms with Gasteiger partial charge in [-0.1, -0.05) is 30.3 Å². The summed E-state index contributed by atoms with van der Waals surface area (Å²) in [5.41, 5.74) is 4.87. The third kappa shape index (κ3) is 3.60. The first kappa shape index (κ1) is 20.1. The zero-order valence-electron chi connectivity index (χ0n) is 18.6. The van der Waals surface area contributed by atoms with Gasteiger partial charge in [0.2, 0.25) is 0 Å². The first-order valence-electron chi connectivity index (χ1n) is 11.5. The van der Waals surface area contributed by atoms with Gasteiger partial charge in [-0.05, 0) is 71.3 Å². The Morgan fingerprint density at radius 1 is 1.21 bits per heavy atom. The van der Waals surface area contributed by atoms with Crippen molar-refractivity contribution in [3.8, 4) is 0 Å².